The standard InChI is InChI=1S/C19H20O3/c1-12(20)22-16-11-19(4)14(13-8-6-5-7-9-13)10-15(16)18(2,3)17(19)21/h5-11,15H,1-4H3. The van der Waals surface area contributed by atoms with E-state index in [4.69, 9.17) is 4.74 Å². The lowest BCUT2D eigenvalue weighted by Crippen LogP contribution is -2.51. The number of ketones is 1. The van der Waals surface area contributed by atoms with Gasteiger partial charge in [-0.15, -0.1) is 0 Å². The fraction of sp³-hybridized carbons (Fsp3) is 0.368. The summed E-state index contributed by atoms with van der Waals surface area (Å²) >= 11 is 0. The maximum absolute atomic E-state index is 13.0. The Balaban J connectivity index is 2.16. The van der Waals surface area contributed by atoms with Crippen LogP contribution in [0.15, 0.2) is 48.2 Å². The van der Waals surface area contributed by atoms with E-state index in [1.165, 1.54) is 6.92 Å². The monoisotopic (exact) mass is 296 g/mol. The van der Waals surface area contributed by atoms with Crippen LogP contribution in [0.3, 0.4) is 0 Å². The third-order valence-corrected chi connectivity index (χ3v) is 4.81. The zero-order valence-electron chi connectivity index (χ0n) is 13.3. The Bertz CT molecular complexity index is 709. The van der Waals surface area contributed by atoms with Gasteiger partial charge >= 0.3 is 5.97 Å². The van der Waals surface area contributed by atoms with Crippen molar-refractivity contribution >= 4 is 17.3 Å². The molecule has 0 saturated carbocycles. The van der Waals surface area contributed by atoms with E-state index in [9.17, 15) is 9.59 Å². The van der Waals surface area contributed by atoms with Gasteiger partial charge in [0.25, 0.3) is 0 Å². The lowest BCUT2D eigenvalue weighted by Gasteiger charge is -2.49. The number of rotatable bonds is 2. The molecule has 0 saturated heterocycles. The number of allylic oxidation sites excluding steroid dienone is 3. The maximum atomic E-state index is 13.0. The number of ether oxygens (including phenoxy) is 1. The predicted molar refractivity (Wildman–Crippen MR) is 84.7 cm³/mol. The van der Waals surface area contributed by atoms with E-state index in [1.54, 1.807) is 0 Å². The molecule has 1 aromatic rings. The highest BCUT2D eigenvalue weighted by Crippen LogP contribution is 2.57. The topological polar surface area (TPSA) is 43.4 Å². The van der Waals surface area contributed by atoms with Crippen LogP contribution in [0, 0.1) is 16.7 Å². The van der Waals surface area contributed by atoms with Crippen molar-refractivity contribution < 1.29 is 14.3 Å². The highest BCUT2D eigenvalue weighted by Gasteiger charge is 2.56. The molecule has 3 nitrogen and oxygen atoms in total. The predicted octanol–water partition coefficient (Wildman–Crippen LogP) is 3.76. The molecule has 2 unspecified atom stereocenters. The minimum atomic E-state index is -0.760. The summed E-state index contributed by atoms with van der Waals surface area (Å²) in [5.41, 5.74) is 0.701. The van der Waals surface area contributed by atoms with Gasteiger partial charge in [-0.2, -0.15) is 0 Å². The summed E-state index contributed by atoms with van der Waals surface area (Å²) in [5, 5.41) is 0. The SMILES string of the molecule is CC(=O)OC1=CC2(C)C(=O)C(C)(C)C1C=C2c1ccccc1. The molecule has 1 aromatic carbocycles. The minimum absolute atomic E-state index is 0.169. The van der Waals surface area contributed by atoms with Crippen molar-refractivity contribution in [2.75, 3.05) is 0 Å². The van der Waals surface area contributed by atoms with E-state index in [2.05, 4.69) is 6.08 Å². The number of carbonyl (C=O) groups excluding carboxylic acids is 2. The Morgan fingerprint density at radius 2 is 1.77 bits per heavy atom. The lowest BCUT2D eigenvalue weighted by molar-refractivity contribution is -0.143. The fourth-order valence-electron chi connectivity index (χ4n) is 3.71. The number of hydrogen-bond donors (Lipinski definition) is 0. The molecule has 0 fully saturated rings. The molecule has 0 amide bonds. The van der Waals surface area contributed by atoms with Crippen LogP contribution in [-0.2, 0) is 14.3 Å². The Hall–Kier alpha value is -2.16. The molecule has 2 atom stereocenters. The van der Waals surface area contributed by atoms with Crippen molar-refractivity contribution in [3.05, 3.63) is 53.8 Å². The highest BCUT2D eigenvalue weighted by atomic mass is 16.5. The van der Waals surface area contributed by atoms with Gasteiger partial charge in [0.15, 0.2) is 5.78 Å². The summed E-state index contributed by atoms with van der Waals surface area (Å²) in [5.74, 6) is 0.211. The molecule has 3 heteroatoms. The molecule has 0 aromatic heterocycles. The molecule has 0 radical (unpaired) electrons. The summed E-state index contributed by atoms with van der Waals surface area (Å²) in [6.45, 7) is 7.15. The van der Waals surface area contributed by atoms with Crippen LogP contribution < -0.4 is 0 Å². The normalized spacial score (nSPS) is 28.9. The van der Waals surface area contributed by atoms with Crippen LogP contribution in [0.1, 0.15) is 33.3 Å². The molecule has 0 heterocycles. The van der Waals surface area contributed by atoms with Crippen LogP contribution in [0.4, 0.5) is 0 Å². The van der Waals surface area contributed by atoms with Crippen LogP contribution in [-0.4, -0.2) is 11.8 Å². The average Bonchev–Trinajstić information content (AvgIpc) is 2.45. The first-order valence-corrected chi connectivity index (χ1v) is 7.50. The summed E-state index contributed by atoms with van der Waals surface area (Å²) < 4.78 is 5.38. The van der Waals surface area contributed by atoms with Gasteiger partial charge in [-0.25, -0.2) is 0 Å². The molecular weight excluding hydrogens is 276 g/mol. The Labute approximate surface area is 130 Å². The molecule has 0 spiro atoms. The Morgan fingerprint density at radius 3 is 2.36 bits per heavy atom. The van der Waals surface area contributed by atoms with E-state index < -0.39 is 10.8 Å². The molecule has 3 aliphatic rings. The fourth-order valence-corrected chi connectivity index (χ4v) is 3.71. The number of Topliss-reactive ketones (excluding diaryl/α,β-unsaturated/α-hetero) is 1. The van der Waals surface area contributed by atoms with Gasteiger partial charge in [-0.3, -0.25) is 9.59 Å². The van der Waals surface area contributed by atoms with Crippen LogP contribution in [0.2, 0.25) is 0 Å². The molecule has 2 bridgehead atoms. The van der Waals surface area contributed by atoms with E-state index in [0.717, 1.165) is 11.1 Å². The van der Waals surface area contributed by atoms with Crippen LogP contribution >= 0.6 is 0 Å². The van der Waals surface area contributed by atoms with Crippen molar-refractivity contribution in [3.63, 3.8) is 0 Å². The third-order valence-electron chi connectivity index (χ3n) is 4.81. The van der Waals surface area contributed by atoms with Gasteiger partial charge in [0, 0.05) is 18.3 Å². The van der Waals surface area contributed by atoms with Gasteiger partial charge in [0.05, 0.1) is 5.41 Å². The first-order valence-electron chi connectivity index (χ1n) is 7.50. The molecule has 0 aliphatic heterocycles. The highest BCUT2D eigenvalue weighted by molar-refractivity contribution is 6.06. The summed E-state index contributed by atoms with van der Waals surface area (Å²) in [7, 11) is 0. The van der Waals surface area contributed by atoms with E-state index >= 15 is 0 Å². The Morgan fingerprint density at radius 1 is 1.14 bits per heavy atom. The molecule has 4 rings (SSSR count). The zero-order chi connectivity index (χ0) is 16.1. The number of carbonyl (C=O) groups is 2. The van der Waals surface area contributed by atoms with Crippen molar-refractivity contribution in [2.24, 2.45) is 16.7 Å². The molecule has 22 heavy (non-hydrogen) atoms. The molecule has 114 valence electrons. The van der Waals surface area contributed by atoms with E-state index in [1.807, 2.05) is 57.2 Å². The summed E-state index contributed by atoms with van der Waals surface area (Å²) in [6, 6.07) is 9.91. The second-order valence-corrected chi connectivity index (χ2v) is 6.82. The Kier molecular flexibility index (Phi) is 3.13. The minimum Gasteiger partial charge on any atom is -0.431 e. The number of benzene rings is 1. The van der Waals surface area contributed by atoms with Gasteiger partial charge in [-0.05, 0) is 24.1 Å². The van der Waals surface area contributed by atoms with Crippen molar-refractivity contribution in [2.45, 2.75) is 27.7 Å². The second kappa shape index (κ2) is 4.67. The van der Waals surface area contributed by atoms with Gasteiger partial charge < -0.3 is 4.74 Å². The number of esters is 1. The quantitative estimate of drug-likeness (QED) is 0.780. The smallest absolute Gasteiger partial charge is 0.307 e. The average molecular weight is 296 g/mol. The first kappa shape index (κ1) is 14.8. The van der Waals surface area contributed by atoms with E-state index in [-0.39, 0.29) is 17.7 Å². The van der Waals surface area contributed by atoms with Gasteiger partial charge in [0.2, 0.25) is 0 Å². The van der Waals surface area contributed by atoms with Crippen molar-refractivity contribution in [3.8, 4) is 0 Å². The lowest BCUT2D eigenvalue weighted by atomic mass is 9.53. The van der Waals surface area contributed by atoms with Crippen molar-refractivity contribution in [1.82, 2.24) is 0 Å². The summed E-state index contributed by atoms with van der Waals surface area (Å²) in [6.07, 6.45) is 3.92. The molecule has 3 aliphatic carbocycles. The largest absolute Gasteiger partial charge is 0.431 e. The zero-order valence-corrected chi connectivity index (χ0v) is 13.3. The first-order chi connectivity index (χ1) is 10.3. The maximum Gasteiger partial charge on any atom is 0.307 e. The van der Waals surface area contributed by atoms with E-state index in [0.29, 0.717) is 5.76 Å². The van der Waals surface area contributed by atoms with Gasteiger partial charge in [-0.1, -0.05) is 50.3 Å². The second-order valence-electron chi connectivity index (χ2n) is 6.82. The number of fused-ring (bicyclic) bond motifs is 1. The van der Waals surface area contributed by atoms with Crippen LogP contribution in [0.25, 0.3) is 5.57 Å². The summed E-state index contributed by atoms with van der Waals surface area (Å²) in [4.78, 5) is 24.4. The molecular formula is C19H20O3. The van der Waals surface area contributed by atoms with Crippen molar-refractivity contribution in [1.29, 1.82) is 0 Å². The van der Waals surface area contributed by atoms with Crippen LogP contribution in [0.5, 0.6) is 0 Å². The number of hydrogen-bond acceptors (Lipinski definition) is 3. The molecule has 0 N–H and O–H groups in total. The third kappa shape index (κ3) is 1.96. The van der Waals surface area contributed by atoms with Gasteiger partial charge in [0.1, 0.15) is 5.76 Å².